The van der Waals surface area contributed by atoms with Crippen molar-refractivity contribution < 1.29 is 9.90 Å². The Morgan fingerprint density at radius 1 is 1.44 bits per heavy atom. The van der Waals surface area contributed by atoms with Gasteiger partial charge in [-0.25, -0.2) is 0 Å². The fraction of sp³-hybridized carbons (Fsp3) is 0.400. The lowest BCUT2D eigenvalue weighted by atomic mass is 10.1. The smallest absolute Gasteiger partial charge is 0.246 e. The Kier molecular flexibility index (Phi) is 4.15. The van der Waals surface area contributed by atoms with Crippen molar-refractivity contribution >= 4 is 12.0 Å². The zero-order valence-electron chi connectivity index (χ0n) is 10.7. The minimum Gasteiger partial charge on any atom is -0.394 e. The summed E-state index contributed by atoms with van der Waals surface area (Å²) in [5.74, 6) is -0.00729. The zero-order chi connectivity index (χ0) is 13.0. The van der Waals surface area contributed by atoms with Crippen molar-refractivity contribution in [2.45, 2.75) is 25.8 Å². The topological polar surface area (TPSA) is 40.5 Å². The molecule has 1 fully saturated rings. The average molecular weight is 245 g/mol. The summed E-state index contributed by atoms with van der Waals surface area (Å²) >= 11 is 0. The van der Waals surface area contributed by atoms with Crippen LogP contribution in [0.4, 0.5) is 0 Å². The molecule has 0 bridgehead atoms. The molecule has 2 rings (SSSR count). The summed E-state index contributed by atoms with van der Waals surface area (Å²) in [6.07, 6.45) is 5.31. The Morgan fingerprint density at radius 3 is 2.83 bits per heavy atom. The number of benzene rings is 1. The molecule has 1 aromatic rings. The highest BCUT2D eigenvalue weighted by Gasteiger charge is 2.26. The number of aryl methyl sites for hydroxylation is 1. The fourth-order valence-electron chi connectivity index (χ4n) is 2.26. The van der Waals surface area contributed by atoms with Gasteiger partial charge in [-0.3, -0.25) is 4.79 Å². The molecule has 3 heteroatoms. The van der Waals surface area contributed by atoms with Crippen molar-refractivity contribution in [3.8, 4) is 0 Å². The van der Waals surface area contributed by atoms with Gasteiger partial charge in [-0.05, 0) is 31.4 Å². The first-order valence-corrected chi connectivity index (χ1v) is 6.37. The molecular formula is C15H19NO2. The standard InChI is InChI=1S/C15H19NO2/c1-12-4-6-13(7-5-12)8-9-15(18)16-10-2-3-14(16)11-17/h4-9,14,17H,2-3,10-11H2,1H3/t14-/m1/s1. The Bertz CT molecular complexity index is 436. The quantitative estimate of drug-likeness (QED) is 0.827. The number of amides is 1. The van der Waals surface area contributed by atoms with Crippen LogP contribution in [-0.2, 0) is 4.79 Å². The van der Waals surface area contributed by atoms with Crippen LogP contribution in [0.1, 0.15) is 24.0 Å². The van der Waals surface area contributed by atoms with Gasteiger partial charge in [0.1, 0.15) is 0 Å². The third-order valence-electron chi connectivity index (χ3n) is 3.37. The summed E-state index contributed by atoms with van der Waals surface area (Å²) in [6, 6.07) is 8.03. The Labute approximate surface area is 108 Å². The highest BCUT2D eigenvalue weighted by Crippen LogP contribution is 2.17. The third kappa shape index (κ3) is 2.99. The van der Waals surface area contributed by atoms with Gasteiger partial charge >= 0.3 is 0 Å². The number of hydrogen-bond acceptors (Lipinski definition) is 2. The molecule has 1 saturated heterocycles. The predicted octanol–water partition coefficient (Wildman–Crippen LogP) is 1.99. The minimum atomic E-state index is -0.00729. The van der Waals surface area contributed by atoms with Gasteiger partial charge in [-0.1, -0.05) is 29.8 Å². The second-order valence-corrected chi connectivity index (χ2v) is 4.75. The first-order valence-electron chi connectivity index (χ1n) is 6.37. The minimum absolute atomic E-state index is 0.000155. The SMILES string of the molecule is Cc1ccc(C=CC(=O)N2CCC[C@@H]2CO)cc1. The molecule has 96 valence electrons. The van der Waals surface area contributed by atoms with E-state index in [1.54, 1.807) is 11.0 Å². The van der Waals surface area contributed by atoms with E-state index in [9.17, 15) is 9.90 Å². The molecule has 0 unspecified atom stereocenters. The molecule has 0 spiro atoms. The molecule has 0 aromatic heterocycles. The number of hydrogen-bond donors (Lipinski definition) is 1. The van der Waals surface area contributed by atoms with Gasteiger partial charge in [0.15, 0.2) is 0 Å². The predicted molar refractivity (Wildman–Crippen MR) is 72.0 cm³/mol. The molecule has 3 nitrogen and oxygen atoms in total. The molecule has 0 aliphatic carbocycles. The van der Waals surface area contributed by atoms with E-state index in [1.165, 1.54) is 5.56 Å². The van der Waals surface area contributed by atoms with Crippen LogP contribution in [0.15, 0.2) is 30.3 Å². The summed E-state index contributed by atoms with van der Waals surface area (Å²) in [5, 5.41) is 9.18. The maximum Gasteiger partial charge on any atom is 0.246 e. The molecule has 1 aromatic carbocycles. The van der Waals surface area contributed by atoms with E-state index in [0.717, 1.165) is 24.9 Å². The van der Waals surface area contributed by atoms with E-state index in [0.29, 0.717) is 0 Å². The molecule has 1 atom stereocenters. The Hall–Kier alpha value is -1.61. The van der Waals surface area contributed by atoms with Gasteiger partial charge < -0.3 is 10.0 Å². The number of carbonyl (C=O) groups excluding carboxylic acids is 1. The zero-order valence-corrected chi connectivity index (χ0v) is 10.7. The maximum absolute atomic E-state index is 12.0. The van der Waals surface area contributed by atoms with Crippen molar-refractivity contribution in [2.24, 2.45) is 0 Å². The summed E-state index contributed by atoms with van der Waals surface area (Å²) in [5.41, 5.74) is 2.23. The van der Waals surface area contributed by atoms with Crippen LogP contribution in [0.25, 0.3) is 6.08 Å². The molecule has 1 amide bonds. The third-order valence-corrected chi connectivity index (χ3v) is 3.37. The summed E-state index contributed by atoms with van der Waals surface area (Å²) in [6.45, 7) is 2.85. The molecule has 1 N–H and O–H groups in total. The van der Waals surface area contributed by atoms with Crippen molar-refractivity contribution in [3.63, 3.8) is 0 Å². The normalized spacial score (nSPS) is 19.7. The first kappa shape index (κ1) is 12.8. The van der Waals surface area contributed by atoms with Gasteiger partial charge in [0.2, 0.25) is 5.91 Å². The number of likely N-dealkylation sites (tertiary alicyclic amines) is 1. The van der Waals surface area contributed by atoms with Gasteiger partial charge in [0.05, 0.1) is 12.6 Å². The van der Waals surface area contributed by atoms with Crippen molar-refractivity contribution in [1.82, 2.24) is 4.90 Å². The summed E-state index contributed by atoms with van der Waals surface area (Å²) in [7, 11) is 0. The summed E-state index contributed by atoms with van der Waals surface area (Å²) in [4.78, 5) is 13.7. The van der Waals surface area contributed by atoms with Crippen molar-refractivity contribution in [1.29, 1.82) is 0 Å². The van der Waals surface area contributed by atoms with E-state index >= 15 is 0 Å². The van der Waals surface area contributed by atoms with E-state index in [1.807, 2.05) is 37.3 Å². The monoisotopic (exact) mass is 245 g/mol. The van der Waals surface area contributed by atoms with Gasteiger partial charge in [0, 0.05) is 12.6 Å². The van der Waals surface area contributed by atoms with Crippen LogP contribution >= 0.6 is 0 Å². The first-order chi connectivity index (χ1) is 8.70. The molecule has 1 aliphatic heterocycles. The van der Waals surface area contributed by atoms with E-state index in [2.05, 4.69) is 0 Å². The van der Waals surface area contributed by atoms with Crippen LogP contribution in [0.5, 0.6) is 0 Å². The summed E-state index contributed by atoms with van der Waals surface area (Å²) < 4.78 is 0. The lowest BCUT2D eigenvalue weighted by Crippen LogP contribution is -2.36. The highest BCUT2D eigenvalue weighted by atomic mass is 16.3. The second-order valence-electron chi connectivity index (χ2n) is 4.75. The number of carbonyl (C=O) groups is 1. The molecule has 1 heterocycles. The Balaban J connectivity index is 2.00. The van der Waals surface area contributed by atoms with Crippen molar-refractivity contribution in [2.75, 3.05) is 13.2 Å². The number of rotatable bonds is 3. The number of nitrogens with zero attached hydrogens (tertiary/aromatic N) is 1. The highest BCUT2D eigenvalue weighted by molar-refractivity contribution is 5.92. The lowest BCUT2D eigenvalue weighted by molar-refractivity contribution is -0.127. The Morgan fingerprint density at radius 2 is 2.17 bits per heavy atom. The molecule has 18 heavy (non-hydrogen) atoms. The molecule has 1 aliphatic rings. The van der Waals surface area contributed by atoms with Gasteiger partial charge in [0.25, 0.3) is 0 Å². The second kappa shape index (κ2) is 5.83. The van der Waals surface area contributed by atoms with Crippen molar-refractivity contribution in [3.05, 3.63) is 41.5 Å². The molecule has 0 radical (unpaired) electrons. The van der Waals surface area contributed by atoms with E-state index in [4.69, 9.17) is 0 Å². The number of aliphatic hydroxyl groups is 1. The van der Waals surface area contributed by atoms with Crippen LogP contribution in [0.2, 0.25) is 0 Å². The van der Waals surface area contributed by atoms with Crippen LogP contribution in [0.3, 0.4) is 0 Å². The van der Waals surface area contributed by atoms with Gasteiger partial charge in [-0.15, -0.1) is 0 Å². The van der Waals surface area contributed by atoms with Crippen LogP contribution < -0.4 is 0 Å². The van der Waals surface area contributed by atoms with Gasteiger partial charge in [-0.2, -0.15) is 0 Å². The molecular weight excluding hydrogens is 226 g/mol. The number of aliphatic hydroxyl groups excluding tert-OH is 1. The average Bonchev–Trinajstić information content (AvgIpc) is 2.86. The maximum atomic E-state index is 12.0. The van der Waals surface area contributed by atoms with E-state index in [-0.39, 0.29) is 18.6 Å². The van der Waals surface area contributed by atoms with Crippen LogP contribution in [-0.4, -0.2) is 35.1 Å². The van der Waals surface area contributed by atoms with E-state index < -0.39 is 0 Å². The van der Waals surface area contributed by atoms with Crippen LogP contribution in [0, 0.1) is 6.92 Å². The fourth-order valence-corrected chi connectivity index (χ4v) is 2.26. The largest absolute Gasteiger partial charge is 0.394 e. The molecule has 0 saturated carbocycles. The lowest BCUT2D eigenvalue weighted by Gasteiger charge is -2.21.